The zero-order valence-electron chi connectivity index (χ0n) is 18.6. The van der Waals surface area contributed by atoms with Crippen LogP contribution in [0.4, 0.5) is 9.39 Å². The lowest BCUT2D eigenvalue weighted by Crippen LogP contribution is -2.57. The molecule has 5 rings (SSSR count). The van der Waals surface area contributed by atoms with Crippen LogP contribution in [0.25, 0.3) is 32.8 Å². The van der Waals surface area contributed by atoms with Gasteiger partial charge in [0.25, 0.3) is 0 Å². The van der Waals surface area contributed by atoms with E-state index in [9.17, 15) is 19.6 Å². The predicted molar refractivity (Wildman–Crippen MR) is 138 cm³/mol. The minimum absolute atomic E-state index is 0.0344. The molecule has 1 unspecified atom stereocenters. The molecule has 1 atom stereocenters. The van der Waals surface area contributed by atoms with E-state index in [0.29, 0.717) is 21.3 Å². The molecule has 2 amide bonds. The number of nitroso groups, excluding NO2 is 1. The number of halogens is 2. The summed E-state index contributed by atoms with van der Waals surface area (Å²) in [6.07, 6.45) is 1.13. The normalized spacial score (nSPS) is 15.9. The van der Waals surface area contributed by atoms with Crippen molar-refractivity contribution in [2.45, 2.75) is 6.04 Å². The fourth-order valence-electron chi connectivity index (χ4n) is 4.58. The molecule has 1 aliphatic heterocycles. The van der Waals surface area contributed by atoms with Crippen LogP contribution in [0.5, 0.6) is 5.75 Å². The highest BCUT2D eigenvalue weighted by Crippen LogP contribution is 2.44. The van der Waals surface area contributed by atoms with Crippen molar-refractivity contribution < 1.29 is 19.1 Å². The quantitative estimate of drug-likeness (QED) is 0.294. The first-order chi connectivity index (χ1) is 17.3. The average molecular weight is 525 g/mol. The monoisotopic (exact) mass is 524 g/mol. The predicted octanol–water partition coefficient (Wildman–Crippen LogP) is 5.11. The fourth-order valence-corrected chi connectivity index (χ4v) is 5.81. The number of carbonyl (C=O) groups is 2. The molecule has 2 heterocycles. The number of phenolic OH excluding ortho intramolecular Hbond substituents is 1. The number of fused-ring (bicyclic) bond motifs is 2. The van der Waals surface area contributed by atoms with E-state index < -0.39 is 17.8 Å². The lowest BCUT2D eigenvalue weighted by Gasteiger charge is -2.39. The highest BCUT2D eigenvalue weighted by atomic mass is 35.5. The summed E-state index contributed by atoms with van der Waals surface area (Å²) in [6.45, 7) is 3.84. The molecule has 1 saturated heterocycles. The zero-order chi connectivity index (χ0) is 25.6. The van der Waals surface area contributed by atoms with Crippen LogP contribution in [-0.2, 0) is 9.59 Å². The molecule has 1 fully saturated rings. The Morgan fingerprint density at radius 1 is 1.22 bits per heavy atom. The van der Waals surface area contributed by atoms with Gasteiger partial charge in [0, 0.05) is 29.2 Å². The Labute approximate surface area is 213 Å². The molecule has 1 aromatic heterocycles. The van der Waals surface area contributed by atoms with Gasteiger partial charge >= 0.3 is 5.91 Å². The largest absolute Gasteiger partial charge is 0.508 e. The van der Waals surface area contributed by atoms with Crippen molar-refractivity contribution in [3.8, 4) is 16.9 Å². The van der Waals surface area contributed by atoms with Crippen LogP contribution < -0.4 is 4.90 Å². The highest BCUT2D eigenvalue weighted by molar-refractivity contribution is 7.11. The summed E-state index contributed by atoms with van der Waals surface area (Å²) in [6, 6.07) is 10.8. The first-order valence-corrected chi connectivity index (χ1v) is 12.0. The van der Waals surface area contributed by atoms with Gasteiger partial charge in [0.05, 0.1) is 11.6 Å². The molecule has 0 aliphatic carbocycles. The standard InChI is InChI=1S/C25H18ClFN4O4S/c1-2-20(33)30-7-8-31(19(12-30)24(34)28-35)25-17-11-18(26)21(22(27)23(17)29-36-25)16-10-14(32)9-13-5-3-4-6-15(13)16/h2-6,9-11,19,32H,1,7-8,12H2. The van der Waals surface area contributed by atoms with Crippen LogP contribution in [0.1, 0.15) is 0 Å². The number of nitrogens with zero attached hydrogens (tertiary/aromatic N) is 4. The third-order valence-electron chi connectivity index (χ3n) is 6.26. The summed E-state index contributed by atoms with van der Waals surface area (Å²) >= 11 is 7.57. The van der Waals surface area contributed by atoms with Gasteiger partial charge in [-0.05, 0) is 52.1 Å². The van der Waals surface area contributed by atoms with E-state index in [-0.39, 0.29) is 47.4 Å². The minimum atomic E-state index is -1.06. The Morgan fingerprint density at radius 3 is 2.75 bits per heavy atom. The van der Waals surface area contributed by atoms with Crippen LogP contribution >= 0.6 is 23.1 Å². The average Bonchev–Trinajstić information content (AvgIpc) is 3.31. The molecule has 36 heavy (non-hydrogen) atoms. The first kappa shape index (κ1) is 23.8. The second-order valence-corrected chi connectivity index (χ2v) is 9.43. The molecule has 0 saturated carbocycles. The number of anilines is 1. The van der Waals surface area contributed by atoms with Crippen molar-refractivity contribution in [2.75, 3.05) is 24.5 Å². The number of hydrogen-bond donors (Lipinski definition) is 1. The van der Waals surface area contributed by atoms with Crippen LogP contribution in [0.3, 0.4) is 0 Å². The third-order valence-corrected chi connectivity index (χ3v) is 7.46. The van der Waals surface area contributed by atoms with E-state index in [1.807, 2.05) is 18.2 Å². The molecule has 11 heteroatoms. The maximum Gasteiger partial charge on any atom is 0.310 e. The summed E-state index contributed by atoms with van der Waals surface area (Å²) in [5.41, 5.74) is 0.549. The molecule has 3 aromatic carbocycles. The Hall–Kier alpha value is -3.89. The number of aromatic nitrogens is 1. The number of amides is 2. The van der Waals surface area contributed by atoms with Gasteiger partial charge < -0.3 is 14.9 Å². The molecular weight excluding hydrogens is 507 g/mol. The number of aromatic hydroxyl groups is 1. The second-order valence-electron chi connectivity index (χ2n) is 8.27. The van der Waals surface area contributed by atoms with Crippen molar-refractivity contribution in [3.63, 3.8) is 0 Å². The Balaban J connectivity index is 1.64. The molecule has 0 spiro atoms. The van der Waals surface area contributed by atoms with Crippen molar-refractivity contribution in [1.29, 1.82) is 0 Å². The zero-order valence-corrected chi connectivity index (χ0v) is 20.2. The van der Waals surface area contributed by atoms with Crippen LogP contribution in [0, 0.1) is 10.7 Å². The van der Waals surface area contributed by atoms with Crippen LogP contribution in [0.2, 0.25) is 5.02 Å². The second kappa shape index (κ2) is 9.29. The Kier molecular flexibility index (Phi) is 6.15. The molecular formula is C25H18ClFN4O4S. The smallest absolute Gasteiger partial charge is 0.310 e. The summed E-state index contributed by atoms with van der Waals surface area (Å²) in [5, 5.41) is 15.1. The van der Waals surface area contributed by atoms with Crippen molar-refractivity contribution >= 4 is 61.6 Å². The van der Waals surface area contributed by atoms with Crippen molar-refractivity contribution in [2.24, 2.45) is 5.18 Å². The van der Waals surface area contributed by atoms with E-state index in [1.54, 1.807) is 23.1 Å². The van der Waals surface area contributed by atoms with Gasteiger partial charge in [-0.1, -0.05) is 42.4 Å². The Bertz CT molecular complexity index is 1570. The topological polar surface area (TPSA) is 103 Å². The molecule has 1 aliphatic rings. The third kappa shape index (κ3) is 3.88. The van der Waals surface area contributed by atoms with Crippen LogP contribution in [-0.4, -0.2) is 51.9 Å². The van der Waals surface area contributed by atoms with Gasteiger partial charge in [-0.15, -0.1) is 4.91 Å². The van der Waals surface area contributed by atoms with Crippen molar-refractivity contribution in [3.05, 3.63) is 70.9 Å². The van der Waals surface area contributed by atoms with Crippen LogP contribution in [0.15, 0.2) is 60.3 Å². The number of piperazine rings is 1. The van der Waals surface area contributed by atoms with Gasteiger partial charge in [-0.25, -0.2) is 4.39 Å². The van der Waals surface area contributed by atoms with E-state index in [0.717, 1.165) is 23.0 Å². The number of benzene rings is 3. The van der Waals surface area contributed by atoms with E-state index in [2.05, 4.69) is 16.1 Å². The summed E-state index contributed by atoms with van der Waals surface area (Å²) in [7, 11) is 0. The maximum atomic E-state index is 16.0. The van der Waals surface area contributed by atoms with E-state index in [1.165, 1.54) is 11.0 Å². The molecule has 0 radical (unpaired) electrons. The van der Waals surface area contributed by atoms with Gasteiger partial charge in [0.1, 0.15) is 22.3 Å². The number of phenols is 1. The SMILES string of the molecule is C=CC(=O)N1CCN(c2snc3c(F)c(-c4cc(O)cc5ccccc45)c(Cl)cc23)C(C(=O)N=O)C1. The number of hydrogen-bond acceptors (Lipinski definition) is 7. The highest BCUT2D eigenvalue weighted by Gasteiger charge is 2.37. The van der Waals surface area contributed by atoms with Crippen molar-refractivity contribution in [1.82, 2.24) is 9.27 Å². The molecule has 1 N–H and O–H groups in total. The first-order valence-electron chi connectivity index (χ1n) is 10.9. The molecule has 4 aromatic rings. The number of rotatable bonds is 4. The summed E-state index contributed by atoms with van der Waals surface area (Å²) in [5.74, 6) is -2.03. The minimum Gasteiger partial charge on any atom is -0.508 e. The van der Waals surface area contributed by atoms with Gasteiger partial charge in [-0.3, -0.25) is 9.59 Å². The summed E-state index contributed by atoms with van der Waals surface area (Å²) < 4.78 is 20.3. The van der Waals surface area contributed by atoms with Gasteiger partial charge in [0.2, 0.25) is 5.91 Å². The van der Waals surface area contributed by atoms with Gasteiger partial charge in [0.15, 0.2) is 5.82 Å². The molecule has 8 nitrogen and oxygen atoms in total. The summed E-state index contributed by atoms with van der Waals surface area (Å²) in [4.78, 5) is 38.6. The maximum absolute atomic E-state index is 16.0. The molecule has 0 bridgehead atoms. The van der Waals surface area contributed by atoms with Gasteiger partial charge in [-0.2, -0.15) is 4.37 Å². The fraction of sp³-hybridized carbons (Fsp3) is 0.160. The van der Waals surface area contributed by atoms with E-state index >= 15 is 4.39 Å². The lowest BCUT2D eigenvalue weighted by atomic mass is 9.96. The Morgan fingerprint density at radius 2 is 2.00 bits per heavy atom. The molecule has 182 valence electrons. The lowest BCUT2D eigenvalue weighted by molar-refractivity contribution is -0.128. The van der Waals surface area contributed by atoms with E-state index in [4.69, 9.17) is 11.6 Å². The number of carbonyl (C=O) groups excluding carboxylic acids is 2.